The van der Waals surface area contributed by atoms with Crippen LogP contribution in [0.4, 0.5) is 13.2 Å². The molecule has 2 aromatic rings. The van der Waals surface area contributed by atoms with E-state index in [1.807, 2.05) is 0 Å². The van der Waals surface area contributed by atoms with Gasteiger partial charge in [0.05, 0.1) is 10.0 Å². The molecule has 0 N–H and O–H groups in total. The molecule has 0 aliphatic rings. The predicted molar refractivity (Wildman–Crippen MR) is 71.8 cm³/mol. The van der Waals surface area contributed by atoms with Gasteiger partial charge in [0.2, 0.25) is 0 Å². The molecule has 0 unspecified atom stereocenters. The molecule has 0 aliphatic carbocycles. The van der Waals surface area contributed by atoms with Gasteiger partial charge in [0.15, 0.2) is 0 Å². The molecular weight excluding hydrogens is 319 g/mol. The molecule has 6 heteroatoms. The Kier molecular flexibility index (Phi) is 4.29. The number of hydrogen-bond acceptors (Lipinski definition) is 0. The Balaban J connectivity index is 2.72. The molecule has 0 saturated heterocycles. The highest BCUT2D eigenvalue weighted by Gasteiger charge is 2.18. The van der Waals surface area contributed by atoms with Gasteiger partial charge in [-0.15, -0.1) is 0 Å². The van der Waals surface area contributed by atoms with Gasteiger partial charge in [0, 0.05) is 16.1 Å². The van der Waals surface area contributed by atoms with Gasteiger partial charge in [0.25, 0.3) is 6.43 Å². The summed E-state index contributed by atoms with van der Waals surface area (Å²) in [4.78, 5) is 0. The van der Waals surface area contributed by atoms with E-state index >= 15 is 0 Å². The molecule has 100 valence electrons. The molecule has 0 atom stereocenters. The minimum atomic E-state index is -2.83. The second-order valence-corrected chi connectivity index (χ2v) is 5.00. The van der Waals surface area contributed by atoms with Crippen molar-refractivity contribution in [1.29, 1.82) is 0 Å². The van der Waals surface area contributed by atoms with Crippen molar-refractivity contribution in [2.24, 2.45) is 0 Å². The van der Waals surface area contributed by atoms with Crippen LogP contribution in [-0.4, -0.2) is 0 Å². The Labute approximate surface area is 122 Å². The van der Waals surface area contributed by atoms with Crippen LogP contribution in [0, 0.1) is 5.82 Å². The summed E-state index contributed by atoms with van der Waals surface area (Å²) in [5, 5.41) is 0.502. The fraction of sp³-hybridized carbons (Fsp3) is 0.0769. The molecule has 0 radical (unpaired) electrons. The summed E-state index contributed by atoms with van der Waals surface area (Å²) in [6.07, 6.45) is -2.83. The van der Waals surface area contributed by atoms with E-state index in [4.69, 9.17) is 34.8 Å². The molecule has 0 aliphatic heterocycles. The Morgan fingerprint density at radius 1 is 0.895 bits per heavy atom. The molecule has 2 rings (SSSR count). The lowest BCUT2D eigenvalue weighted by Crippen LogP contribution is -1.93. The van der Waals surface area contributed by atoms with E-state index < -0.39 is 17.8 Å². The van der Waals surface area contributed by atoms with Crippen LogP contribution in [0.3, 0.4) is 0 Å². The van der Waals surface area contributed by atoms with Crippen molar-refractivity contribution in [3.05, 3.63) is 56.8 Å². The largest absolute Gasteiger partial charge is 0.264 e. The van der Waals surface area contributed by atoms with Gasteiger partial charge in [-0.1, -0.05) is 40.9 Å². The van der Waals surface area contributed by atoms with E-state index in [9.17, 15) is 13.2 Å². The van der Waals surface area contributed by atoms with Crippen LogP contribution in [0.15, 0.2) is 30.3 Å². The number of benzene rings is 2. The standard InChI is InChI=1S/C13H6Cl3F3/c14-6-3-9(12(16)11(15)4-6)8-2-1-7(17)5-10(8)13(18)19/h1-5,13H. The maximum Gasteiger partial charge on any atom is 0.264 e. The van der Waals surface area contributed by atoms with Crippen molar-refractivity contribution in [2.75, 3.05) is 0 Å². The number of halogens is 6. The summed E-state index contributed by atoms with van der Waals surface area (Å²) in [6, 6.07) is 5.89. The lowest BCUT2D eigenvalue weighted by Gasteiger charge is -2.12. The molecule has 0 bridgehead atoms. The van der Waals surface area contributed by atoms with Gasteiger partial charge in [-0.2, -0.15) is 0 Å². The minimum Gasteiger partial charge on any atom is -0.207 e. The van der Waals surface area contributed by atoms with Gasteiger partial charge in [-0.25, -0.2) is 13.2 Å². The fourth-order valence-corrected chi connectivity index (χ4v) is 2.42. The zero-order valence-corrected chi connectivity index (χ0v) is 11.5. The van der Waals surface area contributed by atoms with Crippen molar-refractivity contribution in [3.63, 3.8) is 0 Å². The molecule has 19 heavy (non-hydrogen) atoms. The van der Waals surface area contributed by atoms with Gasteiger partial charge in [0.1, 0.15) is 5.82 Å². The molecule has 0 aromatic heterocycles. The smallest absolute Gasteiger partial charge is 0.207 e. The van der Waals surface area contributed by atoms with Gasteiger partial charge in [-0.3, -0.25) is 0 Å². The second kappa shape index (κ2) is 5.61. The molecule has 0 spiro atoms. The van der Waals surface area contributed by atoms with Crippen molar-refractivity contribution in [3.8, 4) is 11.1 Å². The third kappa shape index (κ3) is 2.99. The first kappa shape index (κ1) is 14.5. The summed E-state index contributed by atoms with van der Waals surface area (Å²) in [5.74, 6) is -0.747. The topological polar surface area (TPSA) is 0 Å². The Hall–Kier alpha value is -0.900. The lowest BCUT2D eigenvalue weighted by molar-refractivity contribution is 0.151. The van der Waals surface area contributed by atoms with Gasteiger partial charge >= 0.3 is 0 Å². The van der Waals surface area contributed by atoms with Gasteiger partial charge < -0.3 is 0 Å². The SMILES string of the molecule is Fc1ccc(-c2cc(Cl)cc(Cl)c2Cl)c(C(F)F)c1. The molecule has 0 nitrogen and oxygen atoms in total. The van der Waals surface area contributed by atoms with E-state index in [1.54, 1.807) is 0 Å². The predicted octanol–water partition coefficient (Wildman–Crippen LogP) is 6.39. The summed E-state index contributed by atoms with van der Waals surface area (Å²) >= 11 is 17.7. The quantitative estimate of drug-likeness (QED) is 0.561. The Bertz CT molecular complexity index is 627. The monoisotopic (exact) mass is 324 g/mol. The number of alkyl halides is 2. The first-order valence-electron chi connectivity index (χ1n) is 5.12. The zero-order valence-electron chi connectivity index (χ0n) is 9.23. The first-order valence-corrected chi connectivity index (χ1v) is 6.26. The van der Waals surface area contributed by atoms with Crippen molar-refractivity contribution < 1.29 is 13.2 Å². The van der Waals surface area contributed by atoms with Crippen molar-refractivity contribution in [1.82, 2.24) is 0 Å². The number of hydrogen-bond donors (Lipinski definition) is 0. The highest BCUT2D eigenvalue weighted by molar-refractivity contribution is 6.45. The Morgan fingerprint density at radius 2 is 1.58 bits per heavy atom. The van der Waals surface area contributed by atoms with Crippen LogP contribution in [0.5, 0.6) is 0 Å². The first-order chi connectivity index (χ1) is 8.90. The average Bonchev–Trinajstić information content (AvgIpc) is 2.34. The normalized spacial score (nSPS) is 11.1. The van der Waals surface area contributed by atoms with E-state index in [0.29, 0.717) is 0 Å². The summed E-state index contributed by atoms with van der Waals surface area (Å²) in [5.41, 5.74) is -0.111. The third-order valence-corrected chi connectivity index (χ3v) is 3.55. The molecule has 0 saturated carbocycles. The molecule has 0 amide bonds. The molecule has 2 aromatic carbocycles. The molecule has 0 heterocycles. The maximum atomic E-state index is 13.1. The van der Waals surface area contributed by atoms with E-state index in [-0.39, 0.29) is 26.2 Å². The van der Waals surface area contributed by atoms with Crippen LogP contribution in [0.1, 0.15) is 12.0 Å². The molecule has 0 fully saturated rings. The van der Waals surface area contributed by atoms with Crippen molar-refractivity contribution in [2.45, 2.75) is 6.43 Å². The van der Waals surface area contributed by atoms with Crippen molar-refractivity contribution >= 4 is 34.8 Å². The fourth-order valence-electron chi connectivity index (χ4n) is 1.71. The highest BCUT2D eigenvalue weighted by Crippen LogP contribution is 2.40. The molecular formula is C13H6Cl3F3. The highest BCUT2D eigenvalue weighted by atomic mass is 35.5. The average molecular weight is 326 g/mol. The summed E-state index contributed by atoms with van der Waals surface area (Å²) < 4.78 is 39.0. The van der Waals surface area contributed by atoms with Gasteiger partial charge in [-0.05, 0) is 29.8 Å². The third-order valence-electron chi connectivity index (χ3n) is 2.53. The lowest BCUT2D eigenvalue weighted by atomic mass is 9.99. The van der Waals surface area contributed by atoms with Crippen LogP contribution in [-0.2, 0) is 0 Å². The zero-order chi connectivity index (χ0) is 14.2. The minimum absolute atomic E-state index is 0.0968. The van der Waals surface area contributed by atoms with Crippen LogP contribution in [0.25, 0.3) is 11.1 Å². The van der Waals surface area contributed by atoms with Crippen LogP contribution < -0.4 is 0 Å². The number of rotatable bonds is 2. The van der Waals surface area contributed by atoms with E-state index in [1.165, 1.54) is 18.2 Å². The second-order valence-electron chi connectivity index (χ2n) is 3.78. The summed E-state index contributed by atoms with van der Waals surface area (Å²) in [7, 11) is 0. The van der Waals surface area contributed by atoms with E-state index in [2.05, 4.69) is 0 Å². The van der Waals surface area contributed by atoms with Crippen LogP contribution in [0.2, 0.25) is 15.1 Å². The maximum absolute atomic E-state index is 13.1. The summed E-state index contributed by atoms with van der Waals surface area (Å²) in [6.45, 7) is 0. The Morgan fingerprint density at radius 3 is 2.21 bits per heavy atom. The van der Waals surface area contributed by atoms with Crippen LogP contribution >= 0.6 is 34.8 Å². The van der Waals surface area contributed by atoms with E-state index in [0.717, 1.165) is 12.1 Å².